The summed E-state index contributed by atoms with van der Waals surface area (Å²) in [4.78, 5) is 23.1. The molecule has 1 aromatic rings. The van der Waals surface area contributed by atoms with Gasteiger partial charge in [0.15, 0.2) is 0 Å². The quantitative estimate of drug-likeness (QED) is 0.832. The van der Waals surface area contributed by atoms with Crippen molar-refractivity contribution in [2.75, 3.05) is 0 Å². The van der Waals surface area contributed by atoms with Gasteiger partial charge in [0, 0.05) is 0 Å². The Morgan fingerprint density at radius 2 is 1.80 bits per heavy atom. The van der Waals surface area contributed by atoms with Crippen molar-refractivity contribution >= 4 is 11.9 Å². The molecular weight excluding hydrogens is 261 g/mol. The second-order valence-electron chi connectivity index (χ2n) is 5.55. The van der Waals surface area contributed by atoms with Crippen LogP contribution in [0.1, 0.15) is 42.5 Å². The standard InChI is InChI=1S/C15H18FNO3/c1-8-6-11(7-9(2)12(8)16)10(3)17-13(18)15(4-5-15)14(19)20/h6-7,10H,4-5H2,1-3H3,(H,17,18)(H,19,20)/t10-/m1/s1. The third-order valence-corrected chi connectivity index (χ3v) is 3.90. The molecule has 0 radical (unpaired) electrons. The first-order valence-electron chi connectivity index (χ1n) is 6.59. The van der Waals surface area contributed by atoms with E-state index < -0.39 is 17.3 Å². The summed E-state index contributed by atoms with van der Waals surface area (Å²) in [7, 11) is 0. The molecule has 1 aliphatic rings. The predicted octanol–water partition coefficient (Wildman–Crippen LogP) is 2.48. The van der Waals surface area contributed by atoms with Gasteiger partial charge in [0.05, 0.1) is 6.04 Å². The third kappa shape index (κ3) is 2.40. The van der Waals surface area contributed by atoms with Crippen molar-refractivity contribution in [1.82, 2.24) is 5.32 Å². The van der Waals surface area contributed by atoms with Gasteiger partial charge in [0.1, 0.15) is 11.2 Å². The highest BCUT2D eigenvalue weighted by Gasteiger charge is 2.57. The molecule has 1 amide bonds. The summed E-state index contributed by atoms with van der Waals surface area (Å²) in [5.74, 6) is -1.79. The molecule has 1 fully saturated rings. The van der Waals surface area contributed by atoms with Gasteiger partial charge < -0.3 is 10.4 Å². The number of halogens is 1. The van der Waals surface area contributed by atoms with E-state index in [0.717, 1.165) is 5.56 Å². The van der Waals surface area contributed by atoms with E-state index in [0.29, 0.717) is 24.0 Å². The Labute approximate surface area is 117 Å². The average molecular weight is 279 g/mol. The number of hydrogen-bond donors (Lipinski definition) is 2. The zero-order valence-corrected chi connectivity index (χ0v) is 11.8. The average Bonchev–Trinajstić information content (AvgIpc) is 3.16. The highest BCUT2D eigenvalue weighted by Crippen LogP contribution is 2.46. The highest BCUT2D eigenvalue weighted by atomic mass is 19.1. The van der Waals surface area contributed by atoms with Crippen LogP contribution in [-0.2, 0) is 9.59 Å². The van der Waals surface area contributed by atoms with Crippen molar-refractivity contribution in [3.8, 4) is 0 Å². The number of carboxylic acids is 1. The number of nitrogens with one attached hydrogen (secondary N) is 1. The van der Waals surface area contributed by atoms with Gasteiger partial charge in [0.25, 0.3) is 0 Å². The minimum absolute atomic E-state index is 0.253. The number of aryl methyl sites for hydroxylation is 2. The summed E-state index contributed by atoms with van der Waals surface area (Å²) in [5, 5.41) is 11.8. The normalized spacial score (nSPS) is 17.4. The molecule has 0 aromatic heterocycles. The lowest BCUT2D eigenvalue weighted by molar-refractivity contribution is -0.149. The zero-order chi connectivity index (χ0) is 15.1. The molecule has 0 aliphatic heterocycles. The van der Waals surface area contributed by atoms with Crippen LogP contribution in [0.3, 0.4) is 0 Å². The Morgan fingerprint density at radius 3 is 2.20 bits per heavy atom. The topological polar surface area (TPSA) is 66.4 Å². The number of hydrogen-bond acceptors (Lipinski definition) is 2. The smallest absolute Gasteiger partial charge is 0.319 e. The third-order valence-electron chi connectivity index (χ3n) is 3.90. The molecule has 2 N–H and O–H groups in total. The molecule has 0 unspecified atom stereocenters. The van der Waals surface area contributed by atoms with Gasteiger partial charge in [-0.2, -0.15) is 0 Å². The van der Waals surface area contributed by atoms with E-state index in [1.165, 1.54) is 0 Å². The van der Waals surface area contributed by atoms with Gasteiger partial charge in [-0.1, -0.05) is 12.1 Å². The molecule has 1 aromatic carbocycles. The second kappa shape index (κ2) is 4.89. The molecule has 1 aliphatic carbocycles. The molecular formula is C15H18FNO3. The van der Waals surface area contributed by atoms with E-state index >= 15 is 0 Å². The van der Waals surface area contributed by atoms with Crippen LogP contribution in [0.25, 0.3) is 0 Å². The van der Waals surface area contributed by atoms with Gasteiger partial charge in [0.2, 0.25) is 5.91 Å². The predicted molar refractivity (Wildman–Crippen MR) is 71.7 cm³/mol. The maximum Gasteiger partial charge on any atom is 0.319 e. The van der Waals surface area contributed by atoms with Crippen molar-refractivity contribution in [2.24, 2.45) is 5.41 Å². The van der Waals surface area contributed by atoms with E-state index in [1.54, 1.807) is 32.9 Å². The van der Waals surface area contributed by atoms with Crippen LogP contribution in [-0.4, -0.2) is 17.0 Å². The van der Waals surface area contributed by atoms with Gasteiger partial charge in [-0.15, -0.1) is 0 Å². The van der Waals surface area contributed by atoms with Crippen LogP contribution < -0.4 is 5.32 Å². The van der Waals surface area contributed by atoms with Gasteiger partial charge in [-0.3, -0.25) is 9.59 Å². The van der Waals surface area contributed by atoms with Crippen LogP contribution in [0, 0.1) is 25.1 Å². The van der Waals surface area contributed by atoms with E-state index in [-0.39, 0.29) is 11.9 Å². The van der Waals surface area contributed by atoms with E-state index in [1.807, 2.05) is 0 Å². The Kier molecular flexibility index (Phi) is 3.54. The lowest BCUT2D eigenvalue weighted by Crippen LogP contribution is -2.38. The number of carbonyl (C=O) groups excluding carboxylic acids is 1. The fourth-order valence-corrected chi connectivity index (χ4v) is 2.31. The molecule has 1 atom stereocenters. The number of rotatable bonds is 4. The van der Waals surface area contributed by atoms with Gasteiger partial charge in [-0.25, -0.2) is 4.39 Å². The number of aliphatic carboxylic acids is 1. The fourth-order valence-electron chi connectivity index (χ4n) is 2.31. The molecule has 2 rings (SSSR count). The zero-order valence-electron chi connectivity index (χ0n) is 11.8. The summed E-state index contributed by atoms with van der Waals surface area (Å²) in [6, 6.07) is 3.00. The summed E-state index contributed by atoms with van der Waals surface area (Å²) >= 11 is 0. The fraction of sp³-hybridized carbons (Fsp3) is 0.467. The first kappa shape index (κ1) is 14.5. The molecule has 4 nitrogen and oxygen atoms in total. The van der Waals surface area contributed by atoms with Crippen molar-refractivity contribution in [3.63, 3.8) is 0 Å². The molecule has 0 spiro atoms. The lowest BCUT2D eigenvalue weighted by Gasteiger charge is -2.18. The molecule has 0 bridgehead atoms. The van der Waals surface area contributed by atoms with Crippen molar-refractivity contribution in [2.45, 2.75) is 39.7 Å². The van der Waals surface area contributed by atoms with E-state index in [9.17, 15) is 14.0 Å². The first-order chi connectivity index (χ1) is 9.28. The summed E-state index contributed by atoms with van der Waals surface area (Å²) in [5.41, 5.74) is 0.551. The number of carboxylic acid groups (broad SMARTS) is 1. The van der Waals surface area contributed by atoms with Crippen LogP contribution in [0.2, 0.25) is 0 Å². The summed E-state index contributed by atoms with van der Waals surface area (Å²) in [6.07, 6.45) is 0.755. The second-order valence-corrected chi connectivity index (χ2v) is 5.55. The van der Waals surface area contributed by atoms with Crippen molar-refractivity contribution in [1.29, 1.82) is 0 Å². The number of carbonyl (C=O) groups is 2. The Balaban J connectivity index is 2.15. The summed E-state index contributed by atoms with van der Waals surface area (Å²) in [6.45, 7) is 5.10. The molecule has 5 heteroatoms. The SMILES string of the molecule is Cc1cc([C@@H](C)NC(=O)C2(C(=O)O)CC2)cc(C)c1F. The monoisotopic (exact) mass is 279 g/mol. The summed E-state index contributed by atoms with van der Waals surface area (Å²) < 4.78 is 13.6. The Hall–Kier alpha value is -1.91. The number of benzene rings is 1. The minimum Gasteiger partial charge on any atom is -0.480 e. The molecule has 108 valence electrons. The Morgan fingerprint density at radius 1 is 1.30 bits per heavy atom. The highest BCUT2D eigenvalue weighted by molar-refractivity contribution is 6.04. The lowest BCUT2D eigenvalue weighted by atomic mass is 10.00. The van der Waals surface area contributed by atoms with Crippen molar-refractivity contribution < 1.29 is 19.1 Å². The van der Waals surface area contributed by atoms with Crippen molar-refractivity contribution in [3.05, 3.63) is 34.6 Å². The molecule has 20 heavy (non-hydrogen) atoms. The minimum atomic E-state index is -1.25. The largest absolute Gasteiger partial charge is 0.480 e. The Bertz CT molecular complexity index is 555. The van der Waals surface area contributed by atoms with Gasteiger partial charge >= 0.3 is 5.97 Å². The van der Waals surface area contributed by atoms with Crippen LogP contribution in [0.4, 0.5) is 4.39 Å². The van der Waals surface area contributed by atoms with E-state index in [2.05, 4.69) is 5.32 Å². The first-order valence-corrected chi connectivity index (χ1v) is 6.59. The van der Waals surface area contributed by atoms with Crippen LogP contribution >= 0.6 is 0 Å². The molecule has 1 saturated carbocycles. The maximum absolute atomic E-state index is 13.6. The van der Waals surface area contributed by atoms with E-state index in [4.69, 9.17) is 5.11 Å². The van der Waals surface area contributed by atoms with Crippen LogP contribution in [0.5, 0.6) is 0 Å². The maximum atomic E-state index is 13.6. The van der Waals surface area contributed by atoms with Crippen LogP contribution in [0.15, 0.2) is 12.1 Å². The number of amides is 1. The molecule has 0 heterocycles. The van der Waals surface area contributed by atoms with Gasteiger partial charge in [-0.05, 0) is 50.3 Å². The molecule has 0 saturated heterocycles.